The normalized spacial score (nSPS) is 22.5. The van der Waals surface area contributed by atoms with Gasteiger partial charge in [-0.1, -0.05) is 11.6 Å². The number of phenols is 1. The number of likely N-dealkylation sites (tertiary alicyclic amines) is 1. The summed E-state index contributed by atoms with van der Waals surface area (Å²) in [6.45, 7) is 1.73. The predicted molar refractivity (Wildman–Crippen MR) is 65.9 cm³/mol. The summed E-state index contributed by atoms with van der Waals surface area (Å²) in [5.74, 6) is -1.93. The largest absolute Gasteiger partial charge is 0.507 e. The van der Waals surface area contributed by atoms with Crippen molar-refractivity contribution in [2.75, 3.05) is 6.54 Å². The monoisotopic (exact) mass is 265 g/mol. The fraction of sp³-hybridized carbons (Fsp3) is 0.385. The van der Waals surface area contributed by atoms with Gasteiger partial charge in [0, 0.05) is 13.0 Å². The van der Waals surface area contributed by atoms with Crippen LogP contribution in [-0.2, 0) is 4.79 Å². The lowest BCUT2D eigenvalue weighted by Crippen LogP contribution is -2.40. The third-order valence-electron chi connectivity index (χ3n) is 3.21. The van der Waals surface area contributed by atoms with Crippen molar-refractivity contribution in [1.29, 1.82) is 0 Å². The number of aliphatic hydroxyl groups is 1. The molecule has 0 unspecified atom stereocenters. The second-order valence-corrected chi connectivity index (χ2v) is 4.72. The van der Waals surface area contributed by atoms with Crippen molar-refractivity contribution < 1.29 is 24.9 Å². The van der Waals surface area contributed by atoms with Crippen LogP contribution in [0.3, 0.4) is 0 Å². The third-order valence-corrected chi connectivity index (χ3v) is 3.21. The fourth-order valence-electron chi connectivity index (χ4n) is 2.25. The van der Waals surface area contributed by atoms with Crippen molar-refractivity contribution in [3.8, 4) is 5.75 Å². The molecular formula is C13H15NO5. The molecule has 1 aromatic carbocycles. The maximum Gasteiger partial charge on any atom is 0.326 e. The number of β-amino-alcohol motifs (C(OH)–C–C–N with tert-alkyl or cyclic N) is 1. The molecule has 2 rings (SSSR count). The number of phenolic OH excluding ortho intramolecular Hbond substituents is 1. The Balaban J connectivity index is 2.33. The van der Waals surface area contributed by atoms with Crippen LogP contribution in [0.15, 0.2) is 18.2 Å². The van der Waals surface area contributed by atoms with Crippen LogP contribution in [0.2, 0.25) is 0 Å². The predicted octanol–water partition coefficient (Wildman–Crippen LogP) is 0.361. The van der Waals surface area contributed by atoms with Crippen LogP contribution in [0, 0.1) is 6.92 Å². The zero-order valence-corrected chi connectivity index (χ0v) is 10.4. The number of rotatable bonds is 2. The second kappa shape index (κ2) is 4.89. The fourth-order valence-corrected chi connectivity index (χ4v) is 2.25. The molecule has 1 fully saturated rings. The number of nitrogens with zero attached hydrogens (tertiary/aromatic N) is 1. The number of carboxylic acid groups (broad SMARTS) is 1. The Morgan fingerprint density at radius 3 is 2.68 bits per heavy atom. The summed E-state index contributed by atoms with van der Waals surface area (Å²) in [6, 6.07) is 3.49. The van der Waals surface area contributed by atoms with Crippen molar-refractivity contribution >= 4 is 11.9 Å². The number of hydrogen-bond donors (Lipinski definition) is 3. The maximum atomic E-state index is 12.3. The number of aliphatic hydroxyl groups excluding tert-OH is 1. The summed E-state index contributed by atoms with van der Waals surface area (Å²) in [6.07, 6.45) is -0.842. The van der Waals surface area contributed by atoms with Crippen LogP contribution in [0.4, 0.5) is 0 Å². The zero-order valence-electron chi connectivity index (χ0n) is 10.4. The Kier molecular flexibility index (Phi) is 3.44. The molecule has 0 spiro atoms. The Labute approximate surface area is 109 Å². The first-order valence-corrected chi connectivity index (χ1v) is 5.91. The van der Waals surface area contributed by atoms with E-state index >= 15 is 0 Å². The summed E-state index contributed by atoms with van der Waals surface area (Å²) < 4.78 is 0. The summed E-state index contributed by atoms with van der Waals surface area (Å²) >= 11 is 0. The van der Waals surface area contributed by atoms with E-state index in [4.69, 9.17) is 5.11 Å². The van der Waals surface area contributed by atoms with Crippen molar-refractivity contribution in [2.45, 2.75) is 25.5 Å². The third kappa shape index (κ3) is 2.53. The minimum atomic E-state index is -1.16. The molecule has 102 valence electrons. The Morgan fingerprint density at radius 1 is 1.37 bits per heavy atom. The molecule has 0 saturated carbocycles. The average Bonchev–Trinajstić information content (AvgIpc) is 2.74. The maximum absolute atomic E-state index is 12.3. The number of hydrogen-bond acceptors (Lipinski definition) is 4. The van der Waals surface area contributed by atoms with Gasteiger partial charge in [-0.2, -0.15) is 0 Å². The van der Waals surface area contributed by atoms with Gasteiger partial charge in [0.1, 0.15) is 11.8 Å². The standard InChI is InChI=1S/C13H15NO5/c1-7-2-3-11(16)9(4-7)12(17)14-6-8(15)5-10(14)13(18)19/h2-4,8,10,15-16H,5-6H2,1H3,(H,18,19)/t8-,10-/m0/s1. The Bertz CT molecular complexity index is 528. The molecule has 0 bridgehead atoms. The van der Waals surface area contributed by atoms with Crippen molar-refractivity contribution in [1.82, 2.24) is 4.90 Å². The topological polar surface area (TPSA) is 98.1 Å². The first kappa shape index (κ1) is 13.4. The molecule has 1 saturated heterocycles. The summed E-state index contributed by atoms with van der Waals surface area (Å²) in [5.41, 5.74) is 0.841. The van der Waals surface area contributed by atoms with Gasteiger partial charge in [-0.15, -0.1) is 0 Å². The molecule has 1 aromatic rings. The number of aliphatic carboxylic acids is 1. The van der Waals surface area contributed by atoms with E-state index in [2.05, 4.69) is 0 Å². The van der Waals surface area contributed by atoms with Gasteiger partial charge in [0.2, 0.25) is 0 Å². The Hall–Kier alpha value is -2.08. The van der Waals surface area contributed by atoms with Crippen LogP contribution in [-0.4, -0.2) is 50.8 Å². The van der Waals surface area contributed by atoms with Gasteiger partial charge < -0.3 is 20.2 Å². The lowest BCUT2D eigenvalue weighted by atomic mass is 10.1. The SMILES string of the molecule is Cc1ccc(O)c(C(=O)N2C[C@@H](O)C[C@H]2C(=O)O)c1. The smallest absolute Gasteiger partial charge is 0.326 e. The molecule has 1 heterocycles. The molecule has 6 heteroatoms. The van der Waals surface area contributed by atoms with Gasteiger partial charge in [0.05, 0.1) is 11.7 Å². The van der Waals surface area contributed by atoms with E-state index in [-0.39, 0.29) is 24.3 Å². The van der Waals surface area contributed by atoms with E-state index in [0.29, 0.717) is 0 Å². The van der Waals surface area contributed by atoms with Gasteiger partial charge in [0.15, 0.2) is 0 Å². The van der Waals surface area contributed by atoms with Gasteiger partial charge in [0.25, 0.3) is 5.91 Å². The van der Waals surface area contributed by atoms with E-state index in [9.17, 15) is 19.8 Å². The van der Waals surface area contributed by atoms with E-state index in [1.54, 1.807) is 13.0 Å². The quantitative estimate of drug-likeness (QED) is 0.717. The minimum Gasteiger partial charge on any atom is -0.507 e. The molecule has 1 amide bonds. The highest BCUT2D eigenvalue weighted by molar-refractivity contribution is 5.99. The lowest BCUT2D eigenvalue weighted by molar-refractivity contribution is -0.141. The van der Waals surface area contributed by atoms with Crippen LogP contribution in [0.25, 0.3) is 0 Å². The number of carbonyl (C=O) groups is 2. The molecule has 19 heavy (non-hydrogen) atoms. The van der Waals surface area contributed by atoms with Crippen LogP contribution in [0.5, 0.6) is 5.75 Å². The highest BCUT2D eigenvalue weighted by Crippen LogP contribution is 2.25. The molecule has 3 N–H and O–H groups in total. The first-order chi connectivity index (χ1) is 8.90. The van der Waals surface area contributed by atoms with Gasteiger partial charge >= 0.3 is 5.97 Å². The van der Waals surface area contributed by atoms with Crippen molar-refractivity contribution in [3.05, 3.63) is 29.3 Å². The van der Waals surface area contributed by atoms with Gasteiger partial charge in [-0.05, 0) is 19.1 Å². The number of carbonyl (C=O) groups excluding carboxylic acids is 1. The van der Waals surface area contributed by atoms with E-state index in [1.807, 2.05) is 0 Å². The number of aryl methyl sites for hydroxylation is 1. The summed E-state index contributed by atoms with van der Waals surface area (Å²) in [4.78, 5) is 24.4. The summed E-state index contributed by atoms with van der Waals surface area (Å²) in [7, 11) is 0. The van der Waals surface area contributed by atoms with Crippen LogP contribution in [0.1, 0.15) is 22.3 Å². The summed E-state index contributed by atoms with van der Waals surface area (Å²) in [5, 5.41) is 28.3. The average molecular weight is 265 g/mol. The molecule has 2 atom stereocenters. The van der Waals surface area contributed by atoms with Gasteiger partial charge in [-0.25, -0.2) is 4.79 Å². The molecule has 1 aliphatic rings. The number of benzene rings is 1. The number of amides is 1. The molecule has 6 nitrogen and oxygen atoms in total. The first-order valence-electron chi connectivity index (χ1n) is 5.91. The van der Waals surface area contributed by atoms with Gasteiger partial charge in [-0.3, -0.25) is 4.79 Å². The number of aromatic hydroxyl groups is 1. The van der Waals surface area contributed by atoms with Crippen molar-refractivity contribution in [3.63, 3.8) is 0 Å². The Morgan fingerprint density at radius 2 is 2.05 bits per heavy atom. The minimum absolute atomic E-state index is 0.00759. The second-order valence-electron chi connectivity index (χ2n) is 4.72. The molecule has 0 aromatic heterocycles. The number of carboxylic acids is 1. The highest BCUT2D eigenvalue weighted by atomic mass is 16.4. The van der Waals surface area contributed by atoms with Crippen LogP contribution >= 0.6 is 0 Å². The highest BCUT2D eigenvalue weighted by Gasteiger charge is 2.39. The van der Waals surface area contributed by atoms with E-state index in [1.165, 1.54) is 12.1 Å². The molecule has 1 aliphatic heterocycles. The van der Waals surface area contributed by atoms with Crippen molar-refractivity contribution in [2.24, 2.45) is 0 Å². The van der Waals surface area contributed by atoms with E-state index < -0.39 is 24.0 Å². The molecule has 0 aliphatic carbocycles. The zero-order chi connectivity index (χ0) is 14.2. The lowest BCUT2D eigenvalue weighted by Gasteiger charge is -2.21. The van der Waals surface area contributed by atoms with Crippen LogP contribution < -0.4 is 0 Å². The molecular weight excluding hydrogens is 250 g/mol. The van der Waals surface area contributed by atoms with E-state index in [0.717, 1.165) is 10.5 Å². The molecule has 0 radical (unpaired) electrons.